The zero-order chi connectivity index (χ0) is 22.4. The van der Waals surface area contributed by atoms with Crippen molar-refractivity contribution in [3.63, 3.8) is 0 Å². The van der Waals surface area contributed by atoms with Crippen LogP contribution in [0.15, 0.2) is 10.7 Å². The Bertz CT molecular complexity index is 901. The Morgan fingerprint density at radius 2 is 2.19 bits per heavy atom. The molecule has 0 aliphatic carbocycles. The maximum Gasteiger partial charge on any atom is 0.290 e. The Kier molecular flexibility index (Phi) is 6.95. The Morgan fingerprint density at radius 3 is 2.84 bits per heavy atom. The Hall–Kier alpha value is -3.35. The van der Waals surface area contributed by atoms with Crippen molar-refractivity contribution in [1.82, 2.24) is 40.7 Å². The molecule has 13 nitrogen and oxygen atoms in total. The van der Waals surface area contributed by atoms with E-state index in [4.69, 9.17) is 14.4 Å². The number of aryl methyl sites for hydroxylation is 1. The molecule has 168 valence electrons. The van der Waals surface area contributed by atoms with Gasteiger partial charge in [-0.2, -0.15) is 20.4 Å². The highest BCUT2D eigenvalue weighted by molar-refractivity contribution is 5.93. The summed E-state index contributed by atoms with van der Waals surface area (Å²) < 4.78 is 4.96. The lowest BCUT2D eigenvalue weighted by Gasteiger charge is -2.53. The fourth-order valence-electron chi connectivity index (χ4n) is 4.35. The van der Waals surface area contributed by atoms with Crippen LogP contribution in [0.5, 0.6) is 0 Å². The molecule has 13 heteroatoms. The predicted octanol–water partition coefficient (Wildman–Crippen LogP) is -0.560. The minimum absolute atomic E-state index is 0.0642. The molecule has 0 aromatic carbocycles. The average molecular weight is 434 g/mol. The van der Waals surface area contributed by atoms with Gasteiger partial charge in [-0.3, -0.25) is 14.4 Å². The van der Waals surface area contributed by atoms with Crippen molar-refractivity contribution in [3.8, 4) is 0 Å². The molecule has 2 aliphatic rings. The lowest BCUT2D eigenvalue weighted by Crippen LogP contribution is -2.66. The van der Waals surface area contributed by atoms with Crippen LogP contribution in [0.3, 0.4) is 0 Å². The van der Waals surface area contributed by atoms with Crippen molar-refractivity contribution in [3.05, 3.63) is 23.6 Å². The molecule has 4 rings (SSSR count). The maximum absolute atomic E-state index is 13.3. The van der Waals surface area contributed by atoms with E-state index >= 15 is 0 Å². The summed E-state index contributed by atoms with van der Waals surface area (Å²) in [5, 5.41) is 23.8. The molecule has 2 aliphatic heterocycles. The number of likely N-dealkylation sites (tertiary alicyclic amines) is 2. The van der Waals surface area contributed by atoms with Crippen LogP contribution in [0.2, 0.25) is 0 Å². The molecule has 0 saturated carbocycles. The first-order valence-electron chi connectivity index (χ1n) is 9.92. The monoisotopic (exact) mass is 434 g/mol. The fourth-order valence-corrected chi connectivity index (χ4v) is 4.35. The van der Waals surface area contributed by atoms with E-state index in [0.717, 1.165) is 19.4 Å². The van der Waals surface area contributed by atoms with Crippen molar-refractivity contribution in [2.75, 3.05) is 26.7 Å². The third-order valence-corrected chi connectivity index (χ3v) is 5.78. The molecule has 0 radical (unpaired) electrons. The van der Waals surface area contributed by atoms with E-state index in [1.807, 2.05) is 7.05 Å². The number of amides is 2. The minimum Gasteiger partial charge on any atom is -0.483 e. The Balaban J connectivity index is 0.000000858. The third-order valence-electron chi connectivity index (χ3n) is 5.78. The second-order valence-electron chi connectivity index (χ2n) is 7.66. The highest BCUT2D eigenvalue weighted by Gasteiger charge is 2.53. The van der Waals surface area contributed by atoms with E-state index in [2.05, 4.69) is 35.8 Å². The number of piperidine rings is 2. The quantitative estimate of drug-likeness (QED) is 0.530. The van der Waals surface area contributed by atoms with Gasteiger partial charge in [0.25, 0.3) is 12.4 Å². The van der Waals surface area contributed by atoms with Gasteiger partial charge in [0.15, 0.2) is 11.5 Å². The molecule has 2 fully saturated rings. The van der Waals surface area contributed by atoms with Crippen molar-refractivity contribution in [2.45, 2.75) is 38.8 Å². The molecule has 2 aromatic rings. The Morgan fingerprint density at radius 1 is 1.42 bits per heavy atom. The van der Waals surface area contributed by atoms with Gasteiger partial charge in [-0.1, -0.05) is 5.16 Å². The van der Waals surface area contributed by atoms with Crippen LogP contribution >= 0.6 is 0 Å². The summed E-state index contributed by atoms with van der Waals surface area (Å²) in [5.41, 5.74) is -0.366. The number of aromatic amines is 1. The number of rotatable bonds is 4. The molecule has 0 unspecified atom stereocenters. The summed E-state index contributed by atoms with van der Waals surface area (Å²) in [4.78, 5) is 42.7. The SMILES string of the molecule is Cc1nc(CNC(=O)[C@@]23CCCN(C(=O)c4cn[nH]n4)[C@H]2CN(C)CC3)no1.O=CO. The summed E-state index contributed by atoms with van der Waals surface area (Å²) in [6.07, 6.45) is 3.61. The zero-order valence-electron chi connectivity index (χ0n) is 17.4. The average Bonchev–Trinajstić information content (AvgIpc) is 3.43. The number of hydrogen-bond donors (Lipinski definition) is 3. The lowest BCUT2D eigenvalue weighted by molar-refractivity contribution is -0.142. The minimum atomic E-state index is -0.636. The second-order valence-corrected chi connectivity index (χ2v) is 7.66. The summed E-state index contributed by atoms with van der Waals surface area (Å²) in [6.45, 7) is 3.70. The third kappa shape index (κ3) is 4.71. The standard InChI is InChI=1S/C17H24N8O3.CH2O2/c1-11-20-14(22-28-11)9-18-16(27)17-4-3-6-25(13(17)10-24(2)7-5-17)15(26)12-8-19-23-21-12;2-1-3/h8,13H,3-7,9-10H2,1-2H3,(H,18,27)(H,19,21,23);1H,(H,2,3)/t13-,17+;/m0./s1. The van der Waals surface area contributed by atoms with Gasteiger partial charge >= 0.3 is 0 Å². The smallest absolute Gasteiger partial charge is 0.290 e. The molecule has 0 bridgehead atoms. The predicted molar refractivity (Wildman–Crippen MR) is 105 cm³/mol. The van der Waals surface area contributed by atoms with E-state index in [1.54, 1.807) is 11.8 Å². The lowest BCUT2D eigenvalue weighted by atomic mass is 9.67. The molecular weight excluding hydrogens is 408 g/mol. The van der Waals surface area contributed by atoms with Crippen molar-refractivity contribution < 1.29 is 24.0 Å². The van der Waals surface area contributed by atoms with Gasteiger partial charge in [-0.05, 0) is 32.9 Å². The van der Waals surface area contributed by atoms with E-state index in [-0.39, 0.29) is 36.6 Å². The Labute approximate surface area is 178 Å². The number of carbonyl (C=O) groups excluding carboxylic acids is 2. The van der Waals surface area contributed by atoms with Crippen LogP contribution in [0.4, 0.5) is 0 Å². The molecule has 31 heavy (non-hydrogen) atoms. The van der Waals surface area contributed by atoms with Gasteiger partial charge in [0.05, 0.1) is 24.2 Å². The van der Waals surface area contributed by atoms with E-state index in [9.17, 15) is 9.59 Å². The number of likely N-dealkylation sites (N-methyl/N-ethyl adjacent to an activating group) is 1. The first-order chi connectivity index (χ1) is 14.9. The second kappa shape index (κ2) is 9.64. The number of carboxylic acid groups (broad SMARTS) is 1. The molecule has 0 spiro atoms. The summed E-state index contributed by atoms with van der Waals surface area (Å²) in [5.74, 6) is 0.644. The molecule has 3 N–H and O–H groups in total. The van der Waals surface area contributed by atoms with Gasteiger partial charge < -0.3 is 24.7 Å². The number of H-pyrrole nitrogens is 1. The number of hydrogen-bond acceptors (Lipinski definition) is 9. The summed E-state index contributed by atoms with van der Waals surface area (Å²) in [6, 6.07) is -0.226. The highest BCUT2D eigenvalue weighted by atomic mass is 16.5. The van der Waals surface area contributed by atoms with Crippen LogP contribution in [0.25, 0.3) is 0 Å². The number of nitrogens with one attached hydrogen (secondary N) is 2. The van der Waals surface area contributed by atoms with Crippen LogP contribution in [-0.2, 0) is 16.1 Å². The summed E-state index contributed by atoms with van der Waals surface area (Å²) in [7, 11) is 2.01. The van der Waals surface area contributed by atoms with E-state index < -0.39 is 5.41 Å². The number of fused-ring (bicyclic) bond motifs is 1. The molecule has 2 saturated heterocycles. The van der Waals surface area contributed by atoms with Crippen LogP contribution < -0.4 is 5.32 Å². The van der Waals surface area contributed by atoms with Crippen LogP contribution in [0.1, 0.15) is 41.5 Å². The molecule has 2 atom stereocenters. The number of aromatic nitrogens is 5. The van der Waals surface area contributed by atoms with Gasteiger partial charge in [0, 0.05) is 20.0 Å². The van der Waals surface area contributed by atoms with Crippen LogP contribution in [0, 0.1) is 12.3 Å². The molecule has 4 heterocycles. The zero-order valence-corrected chi connectivity index (χ0v) is 17.4. The van der Waals surface area contributed by atoms with Crippen molar-refractivity contribution in [2.24, 2.45) is 5.41 Å². The largest absolute Gasteiger partial charge is 0.483 e. The van der Waals surface area contributed by atoms with E-state index in [1.165, 1.54) is 6.20 Å². The maximum atomic E-state index is 13.3. The number of carbonyl (C=O) groups is 3. The van der Waals surface area contributed by atoms with Gasteiger partial charge in [0.2, 0.25) is 11.8 Å². The van der Waals surface area contributed by atoms with Crippen molar-refractivity contribution in [1.29, 1.82) is 0 Å². The highest BCUT2D eigenvalue weighted by Crippen LogP contribution is 2.43. The number of nitrogens with zero attached hydrogens (tertiary/aromatic N) is 6. The molecule has 2 amide bonds. The van der Waals surface area contributed by atoms with Gasteiger partial charge in [0.1, 0.15) is 0 Å². The van der Waals surface area contributed by atoms with Gasteiger partial charge in [-0.25, -0.2) is 0 Å². The summed E-state index contributed by atoms with van der Waals surface area (Å²) >= 11 is 0. The fraction of sp³-hybridized carbons (Fsp3) is 0.611. The van der Waals surface area contributed by atoms with Crippen molar-refractivity contribution >= 4 is 18.3 Å². The van der Waals surface area contributed by atoms with E-state index in [0.29, 0.717) is 31.2 Å². The van der Waals surface area contributed by atoms with Crippen LogP contribution in [-0.4, -0.2) is 91.5 Å². The normalized spacial score (nSPS) is 23.3. The first kappa shape index (κ1) is 22.3. The van der Waals surface area contributed by atoms with Gasteiger partial charge in [-0.15, -0.1) is 0 Å². The first-order valence-corrected chi connectivity index (χ1v) is 9.92. The molecular formula is C18H26N8O5. The topological polar surface area (TPSA) is 170 Å². The molecule has 2 aromatic heterocycles.